The number of carbonyl (C=O) groups is 2. The molecule has 0 unspecified atom stereocenters. The van der Waals surface area contributed by atoms with Crippen molar-refractivity contribution in [3.8, 4) is 5.75 Å². The molecule has 1 heterocycles. The van der Waals surface area contributed by atoms with E-state index in [0.29, 0.717) is 22.2 Å². The molecule has 7 heteroatoms. The molecule has 0 atom stereocenters. The number of anilines is 1. The highest BCUT2D eigenvalue weighted by Crippen LogP contribution is 2.27. The number of hydrogen-bond donors (Lipinski definition) is 1. The second kappa shape index (κ2) is 9.03. The van der Waals surface area contributed by atoms with Gasteiger partial charge < -0.3 is 15.0 Å². The topological polar surface area (TPSA) is 58.6 Å². The number of methoxy groups -OCH3 is 1. The first-order valence-electron chi connectivity index (χ1n) is 7.59. The average molecular weight is 357 g/mol. The van der Waals surface area contributed by atoms with Gasteiger partial charge in [0, 0.05) is 18.8 Å². The molecule has 0 spiro atoms. The Morgan fingerprint density at radius 2 is 2.00 bits per heavy atom. The molecule has 0 bridgehead atoms. The fourth-order valence-corrected chi connectivity index (χ4v) is 3.38. The van der Waals surface area contributed by atoms with Crippen LogP contribution >= 0.6 is 23.4 Å². The van der Waals surface area contributed by atoms with E-state index in [1.165, 1.54) is 25.3 Å². The minimum Gasteiger partial charge on any atom is -0.495 e. The molecule has 1 aliphatic rings. The van der Waals surface area contributed by atoms with E-state index in [0.717, 1.165) is 25.9 Å². The predicted octanol–water partition coefficient (Wildman–Crippen LogP) is 3.03. The molecule has 0 aliphatic carbocycles. The quantitative estimate of drug-likeness (QED) is 0.851. The third-order valence-electron chi connectivity index (χ3n) is 3.60. The summed E-state index contributed by atoms with van der Waals surface area (Å²) in [6.07, 6.45) is 3.36. The first-order chi connectivity index (χ1) is 11.1. The van der Waals surface area contributed by atoms with Crippen molar-refractivity contribution in [2.75, 3.05) is 37.0 Å². The van der Waals surface area contributed by atoms with Gasteiger partial charge in [0.1, 0.15) is 5.75 Å². The van der Waals surface area contributed by atoms with Crippen LogP contribution < -0.4 is 10.1 Å². The summed E-state index contributed by atoms with van der Waals surface area (Å²) >= 11 is 7.35. The molecule has 1 aliphatic heterocycles. The molecule has 5 nitrogen and oxygen atoms in total. The number of amides is 2. The van der Waals surface area contributed by atoms with Crippen molar-refractivity contribution in [2.45, 2.75) is 19.3 Å². The van der Waals surface area contributed by atoms with Crippen molar-refractivity contribution >= 4 is 40.9 Å². The van der Waals surface area contributed by atoms with Crippen LogP contribution in [0.5, 0.6) is 5.75 Å². The van der Waals surface area contributed by atoms with Crippen LogP contribution in [-0.2, 0) is 9.59 Å². The molecule has 2 rings (SSSR count). The lowest BCUT2D eigenvalue weighted by atomic mass is 10.1. The summed E-state index contributed by atoms with van der Waals surface area (Å²) in [5, 5.41) is 3.21. The number of carbonyl (C=O) groups excluding carboxylic acids is 2. The van der Waals surface area contributed by atoms with Gasteiger partial charge in [-0.25, -0.2) is 0 Å². The third kappa shape index (κ3) is 5.62. The second-order valence-corrected chi connectivity index (χ2v) is 6.72. The monoisotopic (exact) mass is 356 g/mol. The first kappa shape index (κ1) is 17.9. The molecule has 2 amide bonds. The Morgan fingerprint density at radius 1 is 1.26 bits per heavy atom. The lowest BCUT2D eigenvalue weighted by Gasteiger charge is -2.26. The zero-order chi connectivity index (χ0) is 16.7. The van der Waals surface area contributed by atoms with E-state index in [-0.39, 0.29) is 17.6 Å². The highest BCUT2D eigenvalue weighted by atomic mass is 35.5. The maximum Gasteiger partial charge on any atom is 0.234 e. The normalized spacial score (nSPS) is 14.4. The molecular formula is C16H21ClN2O3S. The fraction of sp³-hybridized carbons (Fsp3) is 0.500. The number of hydrogen-bond acceptors (Lipinski definition) is 4. The van der Waals surface area contributed by atoms with Crippen LogP contribution in [0.15, 0.2) is 18.2 Å². The zero-order valence-corrected chi connectivity index (χ0v) is 14.7. The average Bonchev–Trinajstić information content (AvgIpc) is 2.55. The number of rotatable bonds is 6. The smallest absolute Gasteiger partial charge is 0.234 e. The molecule has 1 fully saturated rings. The van der Waals surface area contributed by atoms with Crippen molar-refractivity contribution in [3.05, 3.63) is 23.2 Å². The molecule has 23 heavy (non-hydrogen) atoms. The van der Waals surface area contributed by atoms with Gasteiger partial charge in [-0.3, -0.25) is 9.59 Å². The zero-order valence-electron chi connectivity index (χ0n) is 13.1. The van der Waals surface area contributed by atoms with Crippen LogP contribution in [0.4, 0.5) is 5.69 Å². The van der Waals surface area contributed by atoms with Gasteiger partial charge in [-0.05, 0) is 37.5 Å². The Kier molecular flexibility index (Phi) is 7.05. The van der Waals surface area contributed by atoms with E-state index < -0.39 is 0 Å². The Labute approximate surface area is 145 Å². The molecule has 0 radical (unpaired) electrons. The maximum absolute atomic E-state index is 12.0. The number of ether oxygens (including phenoxy) is 1. The molecule has 1 saturated heterocycles. The maximum atomic E-state index is 12.0. The SMILES string of the molecule is COc1ccc(NC(=O)CSCC(=O)N2CCCCC2)cc1Cl. The van der Waals surface area contributed by atoms with Gasteiger partial charge in [0.25, 0.3) is 0 Å². The Bertz CT molecular complexity index is 562. The van der Waals surface area contributed by atoms with Gasteiger partial charge in [-0.2, -0.15) is 0 Å². The summed E-state index contributed by atoms with van der Waals surface area (Å²) in [5.74, 6) is 1.11. The van der Waals surface area contributed by atoms with E-state index in [4.69, 9.17) is 16.3 Å². The summed E-state index contributed by atoms with van der Waals surface area (Å²) in [6.45, 7) is 1.69. The van der Waals surface area contributed by atoms with E-state index in [1.807, 2.05) is 4.90 Å². The Balaban J connectivity index is 1.72. The number of nitrogens with one attached hydrogen (secondary N) is 1. The number of halogens is 1. The summed E-state index contributed by atoms with van der Waals surface area (Å²) in [7, 11) is 1.54. The number of nitrogens with zero attached hydrogens (tertiary/aromatic N) is 1. The lowest BCUT2D eigenvalue weighted by molar-refractivity contribution is -0.129. The summed E-state index contributed by atoms with van der Waals surface area (Å²) in [4.78, 5) is 25.8. The summed E-state index contributed by atoms with van der Waals surface area (Å²) in [5.41, 5.74) is 0.615. The van der Waals surface area contributed by atoms with E-state index in [2.05, 4.69) is 5.32 Å². The largest absolute Gasteiger partial charge is 0.495 e. The van der Waals surface area contributed by atoms with Crippen LogP contribution in [-0.4, -0.2) is 48.4 Å². The second-order valence-electron chi connectivity index (χ2n) is 5.33. The fourth-order valence-electron chi connectivity index (χ4n) is 2.41. The Hall–Kier alpha value is -1.40. The number of likely N-dealkylation sites (tertiary alicyclic amines) is 1. The van der Waals surface area contributed by atoms with Crippen LogP contribution in [0.3, 0.4) is 0 Å². The van der Waals surface area contributed by atoms with Gasteiger partial charge in [0.05, 0.1) is 23.6 Å². The van der Waals surface area contributed by atoms with Crippen molar-refractivity contribution in [1.82, 2.24) is 4.90 Å². The molecule has 0 saturated carbocycles. The molecule has 0 aromatic heterocycles. The van der Waals surface area contributed by atoms with Gasteiger partial charge in [0.2, 0.25) is 11.8 Å². The van der Waals surface area contributed by atoms with E-state index in [9.17, 15) is 9.59 Å². The molecule has 1 aromatic rings. The highest BCUT2D eigenvalue weighted by Gasteiger charge is 2.16. The minimum absolute atomic E-state index is 0.120. The molecule has 1 aromatic carbocycles. The minimum atomic E-state index is -0.150. The van der Waals surface area contributed by atoms with Crippen LogP contribution in [0, 0.1) is 0 Å². The summed E-state index contributed by atoms with van der Waals surface area (Å²) < 4.78 is 5.06. The lowest BCUT2D eigenvalue weighted by Crippen LogP contribution is -2.37. The van der Waals surface area contributed by atoms with Gasteiger partial charge in [-0.1, -0.05) is 11.6 Å². The van der Waals surface area contributed by atoms with Crippen LogP contribution in [0.2, 0.25) is 5.02 Å². The van der Waals surface area contributed by atoms with Crippen molar-refractivity contribution in [3.63, 3.8) is 0 Å². The van der Waals surface area contributed by atoms with Crippen molar-refractivity contribution in [2.24, 2.45) is 0 Å². The highest BCUT2D eigenvalue weighted by molar-refractivity contribution is 8.00. The molecule has 126 valence electrons. The van der Waals surface area contributed by atoms with E-state index in [1.54, 1.807) is 18.2 Å². The summed E-state index contributed by atoms with van der Waals surface area (Å²) in [6, 6.07) is 5.07. The number of thioether (sulfide) groups is 1. The van der Waals surface area contributed by atoms with Gasteiger partial charge in [-0.15, -0.1) is 11.8 Å². The predicted molar refractivity (Wildman–Crippen MR) is 94.4 cm³/mol. The first-order valence-corrected chi connectivity index (χ1v) is 9.12. The van der Waals surface area contributed by atoms with Crippen molar-refractivity contribution < 1.29 is 14.3 Å². The third-order valence-corrected chi connectivity index (χ3v) is 4.82. The van der Waals surface area contributed by atoms with E-state index >= 15 is 0 Å². The van der Waals surface area contributed by atoms with Gasteiger partial charge in [0.15, 0.2) is 0 Å². The van der Waals surface area contributed by atoms with Crippen LogP contribution in [0.1, 0.15) is 19.3 Å². The molecular weight excluding hydrogens is 336 g/mol. The molecule has 1 N–H and O–H groups in total. The van der Waals surface area contributed by atoms with Gasteiger partial charge >= 0.3 is 0 Å². The Morgan fingerprint density at radius 3 is 2.65 bits per heavy atom. The standard InChI is InChI=1S/C16H21ClN2O3S/c1-22-14-6-5-12(9-13(14)17)18-15(20)10-23-11-16(21)19-7-3-2-4-8-19/h5-6,9H,2-4,7-8,10-11H2,1H3,(H,18,20). The van der Waals surface area contributed by atoms with Crippen LogP contribution in [0.25, 0.3) is 0 Å². The number of benzene rings is 1. The van der Waals surface area contributed by atoms with Crippen molar-refractivity contribution in [1.29, 1.82) is 0 Å². The number of piperidine rings is 1.